The number of aryl methyl sites for hydroxylation is 1. The van der Waals surface area contributed by atoms with Crippen LogP contribution in [0.4, 0.5) is 0 Å². The van der Waals surface area contributed by atoms with Gasteiger partial charge >= 0.3 is 0 Å². The molecule has 0 fully saturated rings. The normalized spacial score (nSPS) is 12.2. The van der Waals surface area contributed by atoms with Gasteiger partial charge in [-0.05, 0) is 55.8 Å². The van der Waals surface area contributed by atoms with Crippen LogP contribution < -0.4 is 4.74 Å². The molecule has 4 nitrogen and oxygen atoms in total. The number of benzene rings is 2. The van der Waals surface area contributed by atoms with Crippen LogP contribution in [0.15, 0.2) is 57.8 Å². The Balaban J connectivity index is 2.33. The fraction of sp³-hybridized carbons (Fsp3) is 0.188. The first-order valence-corrected chi connectivity index (χ1v) is 7.89. The number of ether oxygens (including phenoxy) is 1. The van der Waals surface area contributed by atoms with E-state index in [0.717, 1.165) is 11.1 Å². The highest BCUT2D eigenvalue weighted by Gasteiger charge is 2.13. The van der Waals surface area contributed by atoms with Crippen LogP contribution in [-0.4, -0.2) is 21.2 Å². The molecule has 0 saturated heterocycles. The zero-order valence-corrected chi connectivity index (χ0v) is 13.0. The lowest BCUT2D eigenvalue weighted by molar-refractivity contribution is 0.415. The number of sulfonamides is 1. The molecule has 0 heterocycles. The summed E-state index contributed by atoms with van der Waals surface area (Å²) < 4.78 is 33.4. The van der Waals surface area contributed by atoms with Gasteiger partial charge in [0.2, 0.25) is 0 Å². The lowest BCUT2D eigenvalue weighted by Gasteiger charge is -2.04. The summed E-state index contributed by atoms with van der Waals surface area (Å²) in [4.78, 5) is 0.195. The summed E-state index contributed by atoms with van der Waals surface area (Å²) in [5, 5.41) is 0. The summed E-state index contributed by atoms with van der Waals surface area (Å²) in [6.07, 6.45) is 0. The molecule has 0 atom stereocenters. The molecule has 21 heavy (non-hydrogen) atoms. The summed E-state index contributed by atoms with van der Waals surface area (Å²) in [5.41, 5.74) is 2.19. The molecular formula is C16H17NO3S. The minimum atomic E-state index is -3.68. The lowest BCUT2D eigenvalue weighted by atomic mass is 10.1. The zero-order valence-electron chi connectivity index (χ0n) is 12.2. The Bertz CT molecular complexity index is 745. The lowest BCUT2D eigenvalue weighted by Crippen LogP contribution is -2.03. The molecule has 110 valence electrons. The van der Waals surface area contributed by atoms with Gasteiger partial charge in [-0.2, -0.15) is 12.8 Å². The van der Waals surface area contributed by atoms with Crippen molar-refractivity contribution in [2.75, 3.05) is 7.11 Å². The maximum atomic E-state index is 12.2. The first-order valence-electron chi connectivity index (χ1n) is 6.45. The highest BCUT2D eigenvalue weighted by molar-refractivity contribution is 7.90. The summed E-state index contributed by atoms with van der Waals surface area (Å²) in [6, 6.07) is 13.7. The van der Waals surface area contributed by atoms with E-state index in [1.165, 1.54) is 0 Å². The van der Waals surface area contributed by atoms with Crippen molar-refractivity contribution in [3.05, 3.63) is 59.7 Å². The molecule has 0 unspecified atom stereocenters. The number of rotatable bonds is 4. The Kier molecular flexibility index (Phi) is 4.43. The number of hydrogen-bond donors (Lipinski definition) is 0. The van der Waals surface area contributed by atoms with Gasteiger partial charge in [0.25, 0.3) is 10.0 Å². The Morgan fingerprint density at radius 3 is 2.10 bits per heavy atom. The van der Waals surface area contributed by atoms with Crippen LogP contribution in [0, 0.1) is 6.92 Å². The fourth-order valence-electron chi connectivity index (χ4n) is 1.83. The summed E-state index contributed by atoms with van der Waals surface area (Å²) in [6.45, 7) is 3.58. The Morgan fingerprint density at radius 2 is 1.57 bits per heavy atom. The van der Waals surface area contributed by atoms with E-state index in [-0.39, 0.29) is 4.90 Å². The zero-order chi connectivity index (χ0) is 15.5. The van der Waals surface area contributed by atoms with Crippen molar-refractivity contribution in [2.45, 2.75) is 18.7 Å². The van der Waals surface area contributed by atoms with Gasteiger partial charge < -0.3 is 4.74 Å². The molecule has 2 aromatic carbocycles. The molecular weight excluding hydrogens is 286 g/mol. The fourth-order valence-corrected chi connectivity index (χ4v) is 2.88. The summed E-state index contributed by atoms with van der Waals surface area (Å²) in [7, 11) is -2.10. The molecule has 0 saturated carbocycles. The van der Waals surface area contributed by atoms with E-state index in [9.17, 15) is 8.42 Å². The Hall–Kier alpha value is -2.14. The summed E-state index contributed by atoms with van der Waals surface area (Å²) >= 11 is 0. The third kappa shape index (κ3) is 3.70. The van der Waals surface area contributed by atoms with E-state index >= 15 is 0 Å². The second-order valence-electron chi connectivity index (χ2n) is 4.69. The van der Waals surface area contributed by atoms with Crippen molar-refractivity contribution in [1.29, 1.82) is 0 Å². The van der Waals surface area contributed by atoms with Crippen LogP contribution in [-0.2, 0) is 10.0 Å². The van der Waals surface area contributed by atoms with E-state index in [4.69, 9.17) is 4.74 Å². The quantitative estimate of drug-likeness (QED) is 0.815. The van der Waals surface area contributed by atoms with Gasteiger partial charge in [0.05, 0.1) is 17.7 Å². The van der Waals surface area contributed by atoms with E-state index < -0.39 is 10.0 Å². The molecule has 0 aliphatic carbocycles. The molecule has 0 N–H and O–H groups in total. The molecule has 0 aliphatic heterocycles. The predicted octanol–water partition coefficient (Wildman–Crippen LogP) is 3.20. The number of hydrogen-bond acceptors (Lipinski definition) is 3. The number of methoxy groups -OCH3 is 1. The van der Waals surface area contributed by atoms with Gasteiger partial charge in [0.15, 0.2) is 0 Å². The van der Waals surface area contributed by atoms with Gasteiger partial charge in [-0.3, -0.25) is 0 Å². The molecule has 0 spiro atoms. The highest BCUT2D eigenvalue weighted by atomic mass is 32.2. The predicted molar refractivity (Wildman–Crippen MR) is 83.6 cm³/mol. The Labute approximate surface area is 125 Å². The first kappa shape index (κ1) is 15.3. The average molecular weight is 303 g/mol. The van der Waals surface area contributed by atoms with Crippen molar-refractivity contribution >= 4 is 15.7 Å². The minimum Gasteiger partial charge on any atom is -0.497 e. The molecule has 0 bridgehead atoms. The van der Waals surface area contributed by atoms with Gasteiger partial charge in [-0.1, -0.05) is 17.7 Å². The standard InChI is InChI=1S/C16H17NO3S/c1-12-4-10-16(11-5-12)21(18,19)17-13(2)14-6-8-15(20-3)9-7-14/h4-11H,1-3H3. The molecule has 0 radical (unpaired) electrons. The van der Waals surface area contributed by atoms with E-state index in [0.29, 0.717) is 11.5 Å². The van der Waals surface area contributed by atoms with Crippen molar-refractivity contribution in [1.82, 2.24) is 0 Å². The van der Waals surface area contributed by atoms with Gasteiger partial charge in [-0.25, -0.2) is 0 Å². The third-order valence-corrected chi connectivity index (χ3v) is 4.47. The van der Waals surface area contributed by atoms with E-state index in [2.05, 4.69) is 4.40 Å². The maximum Gasteiger partial charge on any atom is 0.282 e. The van der Waals surface area contributed by atoms with Crippen molar-refractivity contribution in [3.8, 4) is 5.75 Å². The van der Waals surface area contributed by atoms with Crippen LogP contribution in [0.3, 0.4) is 0 Å². The number of nitrogens with zero attached hydrogens (tertiary/aromatic N) is 1. The minimum absolute atomic E-state index is 0.195. The maximum absolute atomic E-state index is 12.2. The second kappa shape index (κ2) is 6.10. The van der Waals surface area contributed by atoms with Gasteiger partial charge in [-0.15, -0.1) is 0 Å². The largest absolute Gasteiger partial charge is 0.497 e. The molecule has 0 amide bonds. The van der Waals surface area contributed by atoms with Crippen LogP contribution >= 0.6 is 0 Å². The van der Waals surface area contributed by atoms with Crippen LogP contribution in [0.2, 0.25) is 0 Å². The molecule has 5 heteroatoms. The van der Waals surface area contributed by atoms with Crippen LogP contribution in [0.1, 0.15) is 18.1 Å². The van der Waals surface area contributed by atoms with Gasteiger partial charge in [0, 0.05) is 0 Å². The van der Waals surface area contributed by atoms with Crippen molar-refractivity contribution in [2.24, 2.45) is 4.40 Å². The van der Waals surface area contributed by atoms with E-state index in [1.807, 2.05) is 6.92 Å². The molecule has 0 aliphatic rings. The average Bonchev–Trinajstić information content (AvgIpc) is 2.47. The van der Waals surface area contributed by atoms with Crippen molar-refractivity contribution in [3.63, 3.8) is 0 Å². The molecule has 2 aromatic rings. The molecule has 2 rings (SSSR count). The SMILES string of the molecule is COc1ccc(C(C)=NS(=O)(=O)c2ccc(C)cc2)cc1. The molecule has 0 aromatic heterocycles. The van der Waals surface area contributed by atoms with Crippen LogP contribution in [0.25, 0.3) is 0 Å². The van der Waals surface area contributed by atoms with Gasteiger partial charge in [0.1, 0.15) is 5.75 Å². The van der Waals surface area contributed by atoms with Crippen molar-refractivity contribution < 1.29 is 13.2 Å². The Morgan fingerprint density at radius 1 is 1.00 bits per heavy atom. The van der Waals surface area contributed by atoms with Crippen LogP contribution in [0.5, 0.6) is 5.75 Å². The first-order chi connectivity index (χ1) is 9.92. The third-order valence-electron chi connectivity index (χ3n) is 3.08. The van der Waals surface area contributed by atoms with E-state index in [1.54, 1.807) is 62.6 Å². The second-order valence-corrected chi connectivity index (χ2v) is 6.30. The topological polar surface area (TPSA) is 55.7 Å². The monoisotopic (exact) mass is 303 g/mol. The highest BCUT2D eigenvalue weighted by Crippen LogP contribution is 2.16. The summed E-state index contributed by atoms with van der Waals surface area (Å²) in [5.74, 6) is 0.716. The smallest absolute Gasteiger partial charge is 0.282 e.